The van der Waals surface area contributed by atoms with E-state index in [4.69, 9.17) is 15.0 Å². The molecule has 5 heteroatoms. The standard InChI is InChI=1S/C47H29N5/c1-4-16-30(17-5-1)45-48-46(31-18-6-2-7-19-31)50-47(49-45)52-40-27-15-13-25-38(40)42-41-35(33-22-10-11-24-36(33)44(42)52)28-29-37-34-23-12-14-26-39(34)51(43(37)41)32-20-8-3-9-21-32/h1-29H. The van der Waals surface area contributed by atoms with Crippen LogP contribution in [0.4, 0.5) is 0 Å². The second-order valence-corrected chi connectivity index (χ2v) is 13.2. The van der Waals surface area contributed by atoms with Crippen molar-refractivity contribution in [3.63, 3.8) is 0 Å². The SMILES string of the molecule is c1ccc(-c2nc(-c3ccccc3)nc(-n3c4ccccc4c4c5c(ccc6c7ccccc7n(-c7ccccc7)c65)c5ccccc5c43)n2)cc1. The van der Waals surface area contributed by atoms with E-state index in [1.165, 1.54) is 43.4 Å². The van der Waals surface area contributed by atoms with Crippen molar-refractivity contribution >= 4 is 65.2 Å². The summed E-state index contributed by atoms with van der Waals surface area (Å²) < 4.78 is 4.71. The summed E-state index contributed by atoms with van der Waals surface area (Å²) in [5.41, 5.74) is 7.49. The highest BCUT2D eigenvalue weighted by atomic mass is 15.2. The van der Waals surface area contributed by atoms with Crippen LogP contribution in [0.2, 0.25) is 0 Å². The second kappa shape index (κ2) is 11.2. The Hall–Kier alpha value is -7.11. The van der Waals surface area contributed by atoms with Gasteiger partial charge in [0.15, 0.2) is 11.6 Å². The lowest BCUT2D eigenvalue weighted by molar-refractivity contribution is 0.955. The van der Waals surface area contributed by atoms with E-state index in [2.05, 4.69) is 149 Å². The van der Waals surface area contributed by atoms with Crippen LogP contribution in [0.25, 0.3) is 99.6 Å². The minimum absolute atomic E-state index is 0.583. The van der Waals surface area contributed by atoms with Crippen LogP contribution in [0.1, 0.15) is 0 Å². The van der Waals surface area contributed by atoms with Crippen molar-refractivity contribution in [3.05, 3.63) is 176 Å². The zero-order valence-corrected chi connectivity index (χ0v) is 28.0. The number of aromatic nitrogens is 5. The van der Waals surface area contributed by atoms with Gasteiger partial charge in [-0.1, -0.05) is 152 Å². The van der Waals surface area contributed by atoms with Crippen LogP contribution >= 0.6 is 0 Å². The van der Waals surface area contributed by atoms with Gasteiger partial charge in [-0.15, -0.1) is 0 Å². The largest absolute Gasteiger partial charge is 0.309 e. The molecule has 242 valence electrons. The van der Waals surface area contributed by atoms with Gasteiger partial charge in [-0.25, -0.2) is 4.98 Å². The third-order valence-electron chi connectivity index (χ3n) is 10.3. The number of nitrogens with zero attached hydrogens (tertiary/aromatic N) is 5. The first kappa shape index (κ1) is 28.7. The summed E-state index contributed by atoms with van der Waals surface area (Å²) in [6, 6.07) is 61.9. The molecule has 52 heavy (non-hydrogen) atoms. The average molecular weight is 664 g/mol. The quantitative estimate of drug-likeness (QED) is 0.176. The smallest absolute Gasteiger partial charge is 0.238 e. The van der Waals surface area contributed by atoms with E-state index in [1.54, 1.807) is 0 Å². The summed E-state index contributed by atoms with van der Waals surface area (Å²) in [4.78, 5) is 15.5. The van der Waals surface area contributed by atoms with Crippen molar-refractivity contribution in [2.24, 2.45) is 0 Å². The van der Waals surface area contributed by atoms with E-state index in [9.17, 15) is 0 Å². The molecule has 0 spiro atoms. The predicted molar refractivity (Wildman–Crippen MR) is 214 cm³/mol. The van der Waals surface area contributed by atoms with Gasteiger partial charge in [-0.05, 0) is 35.0 Å². The number of para-hydroxylation sites is 3. The van der Waals surface area contributed by atoms with Gasteiger partial charge < -0.3 is 4.57 Å². The normalized spacial score (nSPS) is 11.8. The van der Waals surface area contributed by atoms with Gasteiger partial charge >= 0.3 is 0 Å². The maximum atomic E-state index is 5.26. The van der Waals surface area contributed by atoms with Crippen molar-refractivity contribution in [1.82, 2.24) is 24.1 Å². The van der Waals surface area contributed by atoms with Crippen LogP contribution in [0, 0.1) is 0 Å². The molecule has 0 saturated heterocycles. The van der Waals surface area contributed by atoms with Crippen LogP contribution in [-0.4, -0.2) is 24.1 Å². The maximum absolute atomic E-state index is 5.26. The van der Waals surface area contributed by atoms with E-state index in [0.29, 0.717) is 17.6 Å². The lowest BCUT2D eigenvalue weighted by atomic mass is 9.94. The molecule has 3 aromatic heterocycles. The summed E-state index contributed by atoms with van der Waals surface area (Å²) >= 11 is 0. The summed E-state index contributed by atoms with van der Waals surface area (Å²) in [5.74, 6) is 1.85. The predicted octanol–water partition coefficient (Wildman–Crippen LogP) is 11.7. The Morgan fingerprint density at radius 3 is 1.40 bits per heavy atom. The lowest BCUT2D eigenvalue weighted by Gasteiger charge is -2.15. The molecule has 0 aliphatic carbocycles. The first-order valence-corrected chi connectivity index (χ1v) is 17.6. The number of fused-ring (bicyclic) bond motifs is 12. The molecule has 0 amide bonds. The molecule has 0 bridgehead atoms. The highest BCUT2D eigenvalue weighted by Gasteiger charge is 2.25. The lowest BCUT2D eigenvalue weighted by Crippen LogP contribution is -2.06. The van der Waals surface area contributed by atoms with Gasteiger partial charge in [0.1, 0.15) is 0 Å². The number of benzene rings is 8. The van der Waals surface area contributed by atoms with Gasteiger partial charge in [-0.3, -0.25) is 4.57 Å². The van der Waals surface area contributed by atoms with E-state index in [1.807, 2.05) is 36.4 Å². The van der Waals surface area contributed by atoms with Gasteiger partial charge in [0.2, 0.25) is 5.95 Å². The number of hydrogen-bond donors (Lipinski definition) is 0. The summed E-state index contributed by atoms with van der Waals surface area (Å²) in [5, 5.41) is 9.52. The van der Waals surface area contributed by atoms with Crippen molar-refractivity contribution in [2.75, 3.05) is 0 Å². The topological polar surface area (TPSA) is 48.5 Å². The zero-order chi connectivity index (χ0) is 34.2. The first-order valence-electron chi connectivity index (χ1n) is 17.6. The number of hydrogen-bond acceptors (Lipinski definition) is 3. The summed E-state index contributed by atoms with van der Waals surface area (Å²) in [6.07, 6.45) is 0. The van der Waals surface area contributed by atoms with Crippen LogP contribution in [0.5, 0.6) is 0 Å². The van der Waals surface area contributed by atoms with Gasteiger partial charge in [0.05, 0.1) is 22.1 Å². The third-order valence-corrected chi connectivity index (χ3v) is 10.3. The average Bonchev–Trinajstić information content (AvgIpc) is 3.75. The third kappa shape index (κ3) is 4.14. The molecule has 0 fully saturated rings. The minimum Gasteiger partial charge on any atom is -0.309 e. The fourth-order valence-electron chi connectivity index (χ4n) is 8.16. The highest BCUT2D eigenvalue weighted by molar-refractivity contribution is 6.38. The fraction of sp³-hybridized carbons (Fsp3) is 0. The van der Waals surface area contributed by atoms with Crippen molar-refractivity contribution in [1.29, 1.82) is 0 Å². The number of rotatable bonds is 4. The molecule has 0 aliphatic rings. The Bertz CT molecular complexity index is 3100. The van der Waals surface area contributed by atoms with Crippen molar-refractivity contribution in [2.45, 2.75) is 0 Å². The van der Waals surface area contributed by atoms with Crippen LogP contribution in [-0.2, 0) is 0 Å². The summed E-state index contributed by atoms with van der Waals surface area (Å²) in [7, 11) is 0. The molecule has 11 rings (SSSR count). The van der Waals surface area contributed by atoms with Gasteiger partial charge in [0, 0.05) is 49.1 Å². The Balaban J connectivity index is 1.38. The monoisotopic (exact) mass is 663 g/mol. The van der Waals surface area contributed by atoms with Crippen LogP contribution in [0.15, 0.2) is 176 Å². The zero-order valence-electron chi connectivity index (χ0n) is 28.0. The van der Waals surface area contributed by atoms with Crippen molar-refractivity contribution in [3.8, 4) is 34.4 Å². The Labute approximate surface area is 298 Å². The van der Waals surface area contributed by atoms with Crippen molar-refractivity contribution < 1.29 is 0 Å². The maximum Gasteiger partial charge on any atom is 0.238 e. The molecule has 0 unspecified atom stereocenters. The molecule has 5 nitrogen and oxygen atoms in total. The fourth-order valence-corrected chi connectivity index (χ4v) is 8.16. The molecular weight excluding hydrogens is 635 g/mol. The Morgan fingerprint density at radius 1 is 0.308 bits per heavy atom. The highest BCUT2D eigenvalue weighted by Crippen LogP contribution is 2.46. The first-order chi connectivity index (χ1) is 25.8. The molecule has 0 radical (unpaired) electrons. The molecule has 0 saturated carbocycles. The van der Waals surface area contributed by atoms with E-state index >= 15 is 0 Å². The molecular formula is C47H29N5. The second-order valence-electron chi connectivity index (χ2n) is 13.2. The molecule has 0 aliphatic heterocycles. The minimum atomic E-state index is 0.583. The Kier molecular flexibility index (Phi) is 6.18. The van der Waals surface area contributed by atoms with E-state index < -0.39 is 0 Å². The van der Waals surface area contributed by atoms with E-state index in [-0.39, 0.29) is 0 Å². The molecule has 11 aromatic rings. The summed E-state index contributed by atoms with van der Waals surface area (Å²) in [6.45, 7) is 0. The van der Waals surface area contributed by atoms with E-state index in [0.717, 1.165) is 38.6 Å². The van der Waals surface area contributed by atoms with Crippen LogP contribution in [0.3, 0.4) is 0 Å². The van der Waals surface area contributed by atoms with Crippen LogP contribution < -0.4 is 0 Å². The Morgan fingerprint density at radius 2 is 0.750 bits per heavy atom. The molecule has 0 N–H and O–H groups in total. The molecule has 3 heterocycles. The van der Waals surface area contributed by atoms with Gasteiger partial charge in [-0.2, -0.15) is 9.97 Å². The molecule has 0 atom stereocenters. The molecule has 8 aromatic carbocycles. The van der Waals surface area contributed by atoms with Gasteiger partial charge in [0.25, 0.3) is 0 Å².